The Morgan fingerprint density at radius 1 is 1.35 bits per heavy atom. The van der Waals surface area contributed by atoms with Gasteiger partial charge in [-0.3, -0.25) is 4.79 Å². The summed E-state index contributed by atoms with van der Waals surface area (Å²) < 4.78 is 2.14. The number of anilines is 1. The number of nitrogens with two attached hydrogens (primary N) is 1. The SMILES string of the molecule is CC.Cc1c2c(n(C)c1C)CCC(N)C(=O)N2. The fourth-order valence-electron chi connectivity index (χ4n) is 2.12. The number of carbonyl (C=O) groups is 1. The van der Waals surface area contributed by atoms with Crippen LogP contribution in [0.25, 0.3) is 0 Å². The molecule has 2 heterocycles. The van der Waals surface area contributed by atoms with Crippen molar-refractivity contribution < 1.29 is 4.79 Å². The van der Waals surface area contributed by atoms with Crippen molar-refractivity contribution in [1.29, 1.82) is 0 Å². The summed E-state index contributed by atoms with van der Waals surface area (Å²) in [6.07, 6.45) is 1.58. The zero-order chi connectivity index (χ0) is 13.2. The Morgan fingerprint density at radius 3 is 2.53 bits per heavy atom. The molecule has 0 fully saturated rings. The molecule has 0 aromatic carbocycles. The molecule has 4 heteroatoms. The third-order valence-corrected chi connectivity index (χ3v) is 3.39. The van der Waals surface area contributed by atoms with Gasteiger partial charge in [-0.05, 0) is 32.3 Å². The number of fused-ring (bicyclic) bond motifs is 1. The molecule has 1 aliphatic heterocycles. The number of aromatic nitrogens is 1. The zero-order valence-corrected chi connectivity index (χ0v) is 11.4. The molecule has 17 heavy (non-hydrogen) atoms. The molecule has 96 valence electrons. The molecule has 2 rings (SSSR count). The van der Waals surface area contributed by atoms with Gasteiger partial charge in [0.25, 0.3) is 0 Å². The van der Waals surface area contributed by atoms with Crippen molar-refractivity contribution in [3.63, 3.8) is 0 Å². The van der Waals surface area contributed by atoms with Crippen LogP contribution in [0.15, 0.2) is 0 Å². The minimum atomic E-state index is -0.378. The Hall–Kier alpha value is -1.29. The summed E-state index contributed by atoms with van der Waals surface area (Å²) in [7, 11) is 2.03. The maximum absolute atomic E-state index is 11.6. The average Bonchev–Trinajstić information content (AvgIpc) is 2.47. The lowest BCUT2D eigenvalue weighted by Crippen LogP contribution is -2.34. The minimum absolute atomic E-state index is 0.0672. The summed E-state index contributed by atoms with van der Waals surface area (Å²) >= 11 is 0. The zero-order valence-electron chi connectivity index (χ0n) is 11.4. The molecule has 1 aromatic rings. The molecule has 0 spiro atoms. The third-order valence-electron chi connectivity index (χ3n) is 3.39. The lowest BCUT2D eigenvalue weighted by atomic mass is 10.1. The molecule has 3 N–H and O–H groups in total. The number of hydrogen-bond acceptors (Lipinski definition) is 2. The first kappa shape index (κ1) is 13.8. The van der Waals surface area contributed by atoms with E-state index in [1.165, 1.54) is 11.4 Å². The molecule has 0 saturated heterocycles. The number of hydrogen-bond donors (Lipinski definition) is 2. The van der Waals surface area contributed by atoms with Crippen molar-refractivity contribution in [3.8, 4) is 0 Å². The second-order valence-corrected chi connectivity index (χ2v) is 4.23. The fourth-order valence-corrected chi connectivity index (χ4v) is 2.12. The van der Waals surface area contributed by atoms with E-state index in [0.717, 1.165) is 24.1 Å². The lowest BCUT2D eigenvalue weighted by Gasteiger charge is -2.07. The van der Waals surface area contributed by atoms with Gasteiger partial charge in [0, 0.05) is 18.4 Å². The van der Waals surface area contributed by atoms with Crippen LogP contribution in [0.2, 0.25) is 0 Å². The van der Waals surface area contributed by atoms with E-state index in [1.807, 2.05) is 27.8 Å². The van der Waals surface area contributed by atoms with Gasteiger partial charge in [0.15, 0.2) is 0 Å². The second-order valence-electron chi connectivity index (χ2n) is 4.23. The highest BCUT2D eigenvalue weighted by Gasteiger charge is 2.24. The molecule has 1 unspecified atom stereocenters. The number of nitrogens with zero attached hydrogens (tertiary/aromatic N) is 1. The molecular formula is C13H23N3O. The van der Waals surface area contributed by atoms with E-state index in [1.54, 1.807) is 0 Å². The van der Waals surface area contributed by atoms with Crippen molar-refractivity contribution in [1.82, 2.24) is 4.57 Å². The standard InChI is InChI=1S/C11H17N3O.C2H6/c1-6-7(2)14(3)9-5-4-8(12)11(15)13-10(6)9;1-2/h8H,4-5,12H2,1-3H3,(H,13,15);1-2H3. The molecule has 0 radical (unpaired) electrons. The van der Waals surface area contributed by atoms with Crippen LogP contribution >= 0.6 is 0 Å². The Balaban J connectivity index is 0.000000686. The molecule has 1 amide bonds. The summed E-state index contributed by atoms with van der Waals surface area (Å²) in [6.45, 7) is 8.10. The fraction of sp³-hybridized carbons (Fsp3) is 0.615. The van der Waals surface area contributed by atoms with E-state index in [-0.39, 0.29) is 11.9 Å². The summed E-state index contributed by atoms with van der Waals surface area (Å²) in [4.78, 5) is 11.6. The van der Waals surface area contributed by atoms with Crippen molar-refractivity contribution in [3.05, 3.63) is 17.0 Å². The van der Waals surface area contributed by atoms with Gasteiger partial charge in [0.1, 0.15) is 0 Å². The predicted octanol–water partition coefficient (Wildman–Crippen LogP) is 1.88. The Labute approximate surface area is 103 Å². The number of carbonyl (C=O) groups excluding carboxylic acids is 1. The molecule has 4 nitrogen and oxygen atoms in total. The molecular weight excluding hydrogens is 214 g/mol. The van der Waals surface area contributed by atoms with Gasteiger partial charge in [-0.2, -0.15) is 0 Å². The van der Waals surface area contributed by atoms with Gasteiger partial charge in [-0.15, -0.1) is 0 Å². The highest BCUT2D eigenvalue weighted by Crippen LogP contribution is 2.29. The number of amides is 1. The topological polar surface area (TPSA) is 60.0 Å². The van der Waals surface area contributed by atoms with Crippen LogP contribution in [0, 0.1) is 13.8 Å². The summed E-state index contributed by atoms with van der Waals surface area (Å²) in [5.41, 5.74) is 10.2. The number of nitrogens with one attached hydrogen (secondary N) is 1. The smallest absolute Gasteiger partial charge is 0.241 e. The lowest BCUT2D eigenvalue weighted by molar-refractivity contribution is -0.117. The van der Waals surface area contributed by atoms with E-state index in [0.29, 0.717) is 0 Å². The molecule has 1 atom stereocenters. The molecule has 1 aliphatic rings. The predicted molar refractivity (Wildman–Crippen MR) is 71.2 cm³/mol. The van der Waals surface area contributed by atoms with Crippen molar-refractivity contribution >= 4 is 11.6 Å². The second kappa shape index (κ2) is 5.36. The van der Waals surface area contributed by atoms with Gasteiger partial charge in [0.05, 0.1) is 11.7 Å². The highest BCUT2D eigenvalue weighted by molar-refractivity contribution is 5.96. The van der Waals surface area contributed by atoms with Gasteiger partial charge < -0.3 is 15.6 Å². The van der Waals surface area contributed by atoms with Crippen molar-refractivity contribution in [2.75, 3.05) is 5.32 Å². The van der Waals surface area contributed by atoms with E-state index in [9.17, 15) is 4.79 Å². The van der Waals surface area contributed by atoms with Crippen LogP contribution in [-0.4, -0.2) is 16.5 Å². The van der Waals surface area contributed by atoms with Crippen LogP contribution in [0.1, 0.15) is 37.2 Å². The van der Waals surface area contributed by atoms with E-state index in [2.05, 4.69) is 16.8 Å². The van der Waals surface area contributed by atoms with Gasteiger partial charge in [-0.1, -0.05) is 13.8 Å². The third kappa shape index (κ3) is 2.36. The van der Waals surface area contributed by atoms with E-state index < -0.39 is 0 Å². The maximum Gasteiger partial charge on any atom is 0.241 e. The monoisotopic (exact) mass is 237 g/mol. The quantitative estimate of drug-likeness (QED) is 0.723. The Morgan fingerprint density at radius 2 is 1.94 bits per heavy atom. The van der Waals surface area contributed by atoms with E-state index >= 15 is 0 Å². The van der Waals surface area contributed by atoms with Crippen LogP contribution < -0.4 is 11.1 Å². The number of rotatable bonds is 0. The van der Waals surface area contributed by atoms with Crippen LogP contribution in [0.5, 0.6) is 0 Å². The van der Waals surface area contributed by atoms with Crippen LogP contribution in [-0.2, 0) is 18.3 Å². The van der Waals surface area contributed by atoms with Gasteiger partial charge >= 0.3 is 0 Å². The summed E-state index contributed by atoms with van der Waals surface area (Å²) in [6, 6.07) is -0.378. The Kier molecular flexibility index (Phi) is 4.34. The summed E-state index contributed by atoms with van der Waals surface area (Å²) in [5, 5.41) is 2.92. The van der Waals surface area contributed by atoms with Crippen molar-refractivity contribution in [2.24, 2.45) is 12.8 Å². The molecule has 1 aromatic heterocycles. The molecule has 0 saturated carbocycles. The normalized spacial score (nSPS) is 18.7. The first-order valence-corrected chi connectivity index (χ1v) is 6.23. The first-order valence-electron chi connectivity index (χ1n) is 6.23. The minimum Gasteiger partial charge on any atom is -0.350 e. The summed E-state index contributed by atoms with van der Waals surface area (Å²) in [5.74, 6) is -0.0672. The van der Waals surface area contributed by atoms with Gasteiger partial charge in [-0.25, -0.2) is 0 Å². The van der Waals surface area contributed by atoms with Crippen LogP contribution in [0.4, 0.5) is 5.69 Å². The molecule has 0 bridgehead atoms. The van der Waals surface area contributed by atoms with Crippen molar-refractivity contribution in [2.45, 2.75) is 46.6 Å². The maximum atomic E-state index is 11.6. The van der Waals surface area contributed by atoms with E-state index in [4.69, 9.17) is 5.73 Å². The van der Waals surface area contributed by atoms with Crippen LogP contribution in [0.3, 0.4) is 0 Å². The Bertz CT molecular complexity index is 421. The average molecular weight is 237 g/mol. The highest BCUT2D eigenvalue weighted by atomic mass is 16.2. The van der Waals surface area contributed by atoms with Gasteiger partial charge in [0.2, 0.25) is 5.91 Å². The largest absolute Gasteiger partial charge is 0.350 e. The first-order chi connectivity index (χ1) is 8.02. The molecule has 0 aliphatic carbocycles.